The Morgan fingerprint density at radius 2 is 2.00 bits per heavy atom. The first-order chi connectivity index (χ1) is 9.12. The fourth-order valence-corrected chi connectivity index (χ4v) is 3.78. The molecule has 2 heteroatoms. The summed E-state index contributed by atoms with van der Waals surface area (Å²) in [6.45, 7) is 2.13. The molecule has 2 unspecified atom stereocenters. The molecule has 2 N–H and O–H groups in total. The van der Waals surface area contributed by atoms with Crippen LogP contribution in [0, 0.1) is 18.8 Å². The van der Waals surface area contributed by atoms with Gasteiger partial charge in [-0.25, -0.2) is 0 Å². The van der Waals surface area contributed by atoms with Crippen LogP contribution in [-0.4, -0.2) is 7.11 Å². The highest BCUT2D eigenvalue weighted by atomic mass is 16.5. The minimum Gasteiger partial charge on any atom is -0.496 e. The zero-order chi connectivity index (χ0) is 13.5. The van der Waals surface area contributed by atoms with E-state index in [0.29, 0.717) is 0 Å². The second-order valence-electron chi connectivity index (χ2n) is 6.55. The van der Waals surface area contributed by atoms with E-state index in [0.717, 1.165) is 30.4 Å². The molecule has 0 bridgehead atoms. The monoisotopic (exact) mass is 259 g/mol. The highest BCUT2D eigenvalue weighted by Crippen LogP contribution is 2.49. The maximum Gasteiger partial charge on any atom is 0.123 e. The highest BCUT2D eigenvalue weighted by molar-refractivity contribution is 5.42. The number of ether oxygens (including phenoxy) is 1. The van der Waals surface area contributed by atoms with Gasteiger partial charge in [-0.05, 0) is 50.5 Å². The third-order valence-electron chi connectivity index (χ3n) is 5.00. The van der Waals surface area contributed by atoms with Crippen LogP contribution in [0.1, 0.15) is 49.7 Å². The van der Waals surface area contributed by atoms with Gasteiger partial charge in [-0.2, -0.15) is 0 Å². The van der Waals surface area contributed by atoms with Crippen molar-refractivity contribution >= 4 is 0 Å². The summed E-state index contributed by atoms with van der Waals surface area (Å²) in [4.78, 5) is 0. The summed E-state index contributed by atoms with van der Waals surface area (Å²) in [6, 6.07) is 6.40. The van der Waals surface area contributed by atoms with Crippen molar-refractivity contribution in [2.45, 2.75) is 51.0 Å². The van der Waals surface area contributed by atoms with E-state index in [9.17, 15) is 0 Å². The average molecular weight is 259 g/mol. The molecule has 2 saturated carbocycles. The Labute approximate surface area is 116 Å². The molecule has 2 aliphatic rings. The van der Waals surface area contributed by atoms with Crippen molar-refractivity contribution in [1.29, 1.82) is 0 Å². The summed E-state index contributed by atoms with van der Waals surface area (Å²) in [5.74, 6) is 2.76. The number of hydrogen-bond acceptors (Lipinski definition) is 2. The van der Waals surface area contributed by atoms with Crippen LogP contribution in [-0.2, 0) is 5.54 Å². The van der Waals surface area contributed by atoms with Gasteiger partial charge >= 0.3 is 0 Å². The van der Waals surface area contributed by atoms with Gasteiger partial charge in [0, 0.05) is 11.1 Å². The van der Waals surface area contributed by atoms with Crippen LogP contribution in [0.5, 0.6) is 5.75 Å². The van der Waals surface area contributed by atoms with Crippen LogP contribution >= 0.6 is 0 Å². The fraction of sp³-hybridized carbons (Fsp3) is 0.647. The van der Waals surface area contributed by atoms with Gasteiger partial charge in [0.25, 0.3) is 0 Å². The lowest BCUT2D eigenvalue weighted by atomic mass is 9.70. The van der Waals surface area contributed by atoms with Gasteiger partial charge in [-0.3, -0.25) is 0 Å². The van der Waals surface area contributed by atoms with Crippen LogP contribution in [0.3, 0.4) is 0 Å². The van der Waals surface area contributed by atoms with Crippen molar-refractivity contribution < 1.29 is 4.74 Å². The molecular formula is C17H25NO. The Hall–Kier alpha value is -1.02. The molecular weight excluding hydrogens is 234 g/mol. The van der Waals surface area contributed by atoms with Crippen LogP contribution in [0.25, 0.3) is 0 Å². The second kappa shape index (κ2) is 4.82. The van der Waals surface area contributed by atoms with Gasteiger partial charge in [0.1, 0.15) is 5.75 Å². The van der Waals surface area contributed by atoms with Gasteiger partial charge in [0.2, 0.25) is 0 Å². The first-order valence-electron chi connectivity index (χ1n) is 7.56. The van der Waals surface area contributed by atoms with Crippen molar-refractivity contribution in [3.05, 3.63) is 29.3 Å². The van der Waals surface area contributed by atoms with Crippen LogP contribution in [0.15, 0.2) is 18.2 Å². The number of aryl methyl sites for hydroxylation is 1. The van der Waals surface area contributed by atoms with Gasteiger partial charge < -0.3 is 10.5 Å². The van der Waals surface area contributed by atoms with Gasteiger partial charge in [-0.1, -0.05) is 30.5 Å². The molecule has 2 aliphatic carbocycles. The standard InChI is InChI=1S/C17H25NO/c1-12-5-8-16(19-2)15(10-12)17(18)9-3-4-14(11-17)13-6-7-13/h5,8,10,13-14H,3-4,6-7,9,11,18H2,1-2H3. The summed E-state index contributed by atoms with van der Waals surface area (Å²) in [5.41, 5.74) is 9.12. The van der Waals surface area contributed by atoms with E-state index in [2.05, 4.69) is 25.1 Å². The van der Waals surface area contributed by atoms with E-state index in [4.69, 9.17) is 10.5 Å². The van der Waals surface area contributed by atoms with Crippen LogP contribution < -0.4 is 10.5 Å². The van der Waals surface area contributed by atoms with Crippen molar-refractivity contribution in [3.8, 4) is 5.75 Å². The lowest BCUT2D eigenvalue weighted by molar-refractivity contribution is 0.202. The molecule has 0 amide bonds. The van der Waals surface area contributed by atoms with Crippen molar-refractivity contribution in [2.24, 2.45) is 17.6 Å². The minimum absolute atomic E-state index is 0.178. The molecule has 0 heterocycles. The van der Waals surface area contributed by atoms with Gasteiger partial charge in [0.05, 0.1) is 7.11 Å². The molecule has 0 radical (unpaired) electrons. The normalized spacial score (nSPS) is 31.2. The summed E-state index contributed by atoms with van der Waals surface area (Å²) in [5, 5.41) is 0. The smallest absolute Gasteiger partial charge is 0.123 e. The zero-order valence-corrected chi connectivity index (χ0v) is 12.1. The Balaban J connectivity index is 1.91. The fourth-order valence-electron chi connectivity index (χ4n) is 3.78. The Bertz CT molecular complexity index is 466. The van der Waals surface area contributed by atoms with Crippen molar-refractivity contribution in [2.75, 3.05) is 7.11 Å². The van der Waals surface area contributed by atoms with E-state index >= 15 is 0 Å². The lowest BCUT2D eigenvalue weighted by Crippen LogP contribution is -2.42. The second-order valence-corrected chi connectivity index (χ2v) is 6.55. The quantitative estimate of drug-likeness (QED) is 0.897. The van der Waals surface area contributed by atoms with Gasteiger partial charge in [-0.15, -0.1) is 0 Å². The Kier molecular flexibility index (Phi) is 3.30. The Morgan fingerprint density at radius 3 is 2.68 bits per heavy atom. The number of rotatable bonds is 3. The summed E-state index contributed by atoms with van der Waals surface area (Å²) in [7, 11) is 1.75. The third-order valence-corrected chi connectivity index (χ3v) is 5.00. The first-order valence-corrected chi connectivity index (χ1v) is 7.56. The molecule has 104 valence electrons. The van der Waals surface area contributed by atoms with E-state index in [1.807, 2.05) is 0 Å². The molecule has 2 fully saturated rings. The van der Waals surface area contributed by atoms with Crippen LogP contribution in [0.2, 0.25) is 0 Å². The van der Waals surface area contributed by atoms with Crippen molar-refractivity contribution in [3.63, 3.8) is 0 Å². The molecule has 1 aromatic rings. The van der Waals surface area contributed by atoms with Gasteiger partial charge in [0.15, 0.2) is 0 Å². The third kappa shape index (κ3) is 2.51. The largest absolute Gasteiger partial charge is 0.496 e. The maximum atomic E-state index is 6.80. The van der Waals surface area contributed by atoms with E-state index < -0.39 is 0 Å². The highest BCUT2D eigenvalue weighted by Gasteiger charge is 2.41. The molecule has 3 rings (SSSR count). The number of nitrogens with two attached hydrogens (primary N) is 1. The predicted molar refractivity (Wildman–Crippen MR) is 78.3 cm³/mol. The van der Waals surface area contributed by atoms with Crippen molar-refractivity contribution in [1.82, 2.24) is 0 Å². The van der Waals surface area contributed by atoms with E-state index in [1.165, 1.54) is 36.8 Å². The lowest BCUT2D eigenvalue weighted by Gasteiger charge is -2.39. The van der Waals surface area contributed by atoms with E-state index in [1.54, 1.807) is 7.11 Å². The molecule has 0 saturated heterocycles. The molecule has 0 aromatic heterocycles. The minimum atomic E-state index is -0.178. The summed E-state index contributed by atoms with van der Waals surface area (Å²) in [6.07, 6.45) is 7.71. The molecule has 2 nitrogen and oxygen atoms in total. The molecule has 19 heavy (non-hydrogen) atoms. The molecule has 0 spiro atoms. The number of methoxy groups -OCH3 is 1. The molecule has 2 atom stereocenters. The van der Waals surface area contributed by atoms with E-state index in [-0.39, 0.29) is 5.54 Å². The number of benzene rings is 1. The topological polar surface area (TPSA) is 35.2 Å². The zero-order valence-electron chi connectivity index (χ0n) is 12.1. The molecule has 1 aromatic carbocycles. The summed E-state index contributed by atoms with van der Waals surface area (Å²) >= 11 is 0. The predicted octanol–water partition coefficient (Wildman–Crippen LogP) is 3.76. The molecule has 0 aliphatic heterocycles. The Morgan fingerprint density at radius 1 is 1.21 bits per heavy atom. The van der Waals surface area contributed by atoms with Crippen LogP contribution in [0.4, 0.5) is 0 Å². The first kappa shape index (κ1) is 13.0. The number of hydrogen-bond donors (Lipinski definition) is 1. The maximum absolute atomic E-state index is 6.80. The summed E-state index contributed by atoms with van der Waals surface area (Å²) < 4.78 is 5.55. The SMILES string of the molecule is COc1ccc(C)cc1C1(N)CCCC(C2CC2)C1. The average Bonchev–Trinajstić information content (AvgIpc) is 3.23.